The number of carboxylic acid groups (broad SMARTS) is 1. The van der Waals surface area contributed by atoms with Crippen molar-refractivity contribution in [3.8, 4) is 5.75 Å². The van der Waals surface area contributed by atoms with Crippen LogP contribution in [0.5, 0.6) is 5.75 Å². The average Bonchev–Trinajstić information content (AvgIpc) is 2.98. The smallest absolute Gasteiger partial charge is 0.478 e. The van der Waals surface area contributed by atoms with Crippen LogP contribution in [0.15, 0.2) is 48.7 Å². The number of halogens is 4. The largest absolute Gasteiger partial charge is 0.573 e. The highest BCUT2D eigenvalue weighted by Gasteiger charge is 2.31. The Morgan fingerprint density at radius 1 is 1.21 bits per heavy atom. The maximum absolute atomic E-state index is 13.6. The predicted octanol–water partition coefficient (Wildman–Crippen LogP) is 4.48. The van der Waals surface area contributed by atoms with Crippen LogP contribution in [0, 0.1) is 5.82 Å². The van der Waals surface area contributed by atoms with Gasteiger partial charge in [-0.1, -0.05) is 12.1 Å². The van der Waals surface area contributed by atoms with E-state index < -0.39 is 23.9 Å². The van der Waals surface area contributed by atoms with Gasteiger partial charge >= 0.3 is 12.3 Å². The zero-order chi connectivity index (χ0) is 21.2. The molecule has 0 unspecified atom stereocenters. The summed E-state index contributed by atoms with van der Waals surface area (Å²) in [5.41, 5.74) is 3.25. The minimum absolute atomic E-state index is 0.137. The van der Waals surface area contributed by atoms with Crippen LogP contribution < -0.4 is 10.2 Å². The van der Waals surface area contributed by atoms with Crippen LogP contribution in [0.2, 0.25) is 0 Å². The number of hydroxylamine groups is 1. The average molecular weight is 410 g/mol. The van der Waals surface area contributed by atoms with Crippen LogP contribution in [0.4, 0.5) is 17.6 Å². The van der Waals surface area contributed by atoms with Gasteiger partial charge in [-0.15, -0.1) is 13.2 Å². The molecule has 6 nitrogen and oxygen atoms in total. The van der Waals surface area contributed by atoms with Gasteiger partial charge in [-0.2, -0.15) is 0 Å². The van der Waals surface area contributed by atoms with Crippen molar-refractivity contribution in [3.05, 3.63) is 65.6 Å². The Bertz CT molecular complexity index is 1090. The van der Waals surface area contributed by atoms with E-state index in [0.29, 0.717) is 5.52 Å². The fourth-order valence-electron chi connectivity index (χ4n) is 2.77. The fourth-order valence-corrected chi connectivity index (χ4v) is 2.77. The molecule has 2 aromatic carbocycles. The third-order valence-corrected chi connectivity index (χ3v) is 3.88. The van der Waals surface area contributed by atoms with Crippen molar-refractivity contribution >= 4 is 28.8 Å². The first-order valence-corrected chi connectivity index (χ1v) is 8.08. The Balaban J connectivity index is 2.11. The number of ether oxygens (including phenoxy) is 1. The van der Waals surface area contributed by atoms with Crippen molar-refractivity contribution in [2.45, 2.75) is 6.36 Å². The van der Waals surface area contributed by atoms with Crippen LogP contribution in [0.1, 0.15) is 15.9 Å². The fraction of sp³-hybridized carbons (Fsp3) is 0.105. The Labute approximate surface area is 161 Å². The Morgan fingerprint density at radius 2 is 1.97 bits per heavy atom. The summed E-state index contributed by atoms with van der Waals surface area (Å²) in [6.45, 7) is 0. The van der Waals surface area contributed by atoms with Gasteiger partial charge in [0.25, 0.3) is 0 Å². The zero-order valence-electron chi connectivity index (χ0n) is 14.8. The van der Waals surface area contributed by atoms with Crippen molar-refractivity contribution in [2.75, 3.05) is 7.11 Å². The van der Waals surface area contributed by atoms with Gasteiger partial charge in [-0.3, -0.25) is 10.3 Å². The summed E-state index contributed by atoms with van der Waals surface area (Å²) in [4.78, 5) is 16.4. The van der Waals surface area contributed by atoms with Gasteiger partial charge in [-0.05, 0) is 30.3 Å². The maximum Gasteiger partial charge on any atom is 0.573 e. The van der Waals surface area contributed by atoms with Gasteiger partial charge in [-0.25, -0.2) is 9.18 Å². The third kappa shape index (κ3) is 4.66. The molecule has 0 aliphatic heterocycles. The highest BCUT2D eigenvalue weighted by molar-refractivity contribution is 6.04. The Kier molecular flexibility index (Phi) is 5.46. The third-order valence-electron chi connectivity index (χ3n) is 3.88. The Morgan fingerprint density at radius 3 is 2.62 bits per heavy atom. The van der Waals surface area contributed by atoms with Crippen LogP contribution in [0.3, 0.4) is 0 Å². The molecule has 0 atom stereocenters. The molecule has 0 aliphatic carbocycles. The van der Waals surface area contributed by atoms with Crippen molar-refractivity contribution in [2.24, 2.45) is 0 Å². The molecule has 0 radical (unpaired) electrons. The van der Waals surface area contributed by atoms with Crippen molar-refractivity contribution in [3.63, 3.8) is 0 Å². The molecule has 152 valence electrons. The van der Waals surface area contributed by atoms with Gasteiger partial charge in [0, 0.05) is 23.3 Å². The van der Waals surface area contributed by atoms with Crippen molar-refractivity contribution in [1.29, 1.82) is 0 Å². The number of nitrogens with one attached hydrogen (secondary N) is 1. The molecule has 3 aromatic rings. The summed E-state index contributed by atoms with van der Waals surface area (Å²) in [6, 6.07) is 8.77. The van der Waals surface area contributed by atoms with Gasteiger partial charge in [0.1, 0.15) is 11.6 Å². The highest BCUT2D eigenvalue weighted by Crippen LogP contribution is 2.27. The molecule has 0 bridgehead atoms. The second-order valence-electron chi connectivity index (χ2n) is 5.84. The Hall–Kier alpha value is -3.53. The van der Waals surface area contributed by atoms with E-state index in [0.717, 1.165) is 18.2 Å². The summed E-state index contributed by atoms with van der Waals surface area (Å²) >= 11 is 0. The lowest BCUT2D eigenvalue weighted by atomic mass is 10.1. The molecule has 10 heteroatoms. The molecular weight excluding hydrogens is 396 g/mol. The topological polar surface area (TPSA) is 72.7 Å². The molecule has 2 N–H and O–H groups in total. The number of alkyl halides is 3. The number of aromatic nitrogens is 1. The first-order chi connectivity index (χ1) is 13.7. The predicted molar refractivity (Wildman–Crippen MR) is 96.3 cm³/mol. The molecule has 0 amide bonds. The standard InChI is InChI=1S/C19H14F4N2O4/c1-28-24-16(11-3-2-4-13(7-11)29-19(21,22)23)10-25-9-15(18(26)27)14-8-12(20)5-6-17(14)25/h2-10,24H,1H3,(H,26,27). The summed E-state index contributed by atoms with van der Waals surface area (Å²) < 4.78 is 56.3. The van der Waals surface area contributed by atoms with Gasteiger partial charge in [0.15, 0.2) is 0 Å². The molecule has 0 fully saturated rings. The molecule has 0 saturated heterocycles. The highest BCUT2D eigenvalue weighted by atomic mass is 19.4. The quantitative estimate of drug-likeness (QED) is 0.463. The number of aromatic carboxylic acids is 1. The van der Waals surface area contributed by atoms with Crippen molar-refractivity contribution in [1.82, 2.24) is 10.0 Å². The molecule has 3 rings (SSSR count). The second kappa shape index (κ2) is 7.84. The molecule has 0 spiro atoms. The lowest BCUT2D eigenvalue weighted by Gasteiger charge is -2.13. The number of carboxylic acids is 1. The first kappa shape index (κ1) is 20.2. The molecule has 29 heavy (non-hydrogen) atoms. The summed E-state index contributed by atoms with van der Waals surface area (Å²) in [5, 5.41) is 9.53. The first-order valence-electron chi connectivity index (χ1n) is 8.08. The van der Waals surface area contributed by atoms with E-state index in [1.54, 1.807) is 0 Å². The van der Waals surface area contributed by atoms with E-state index in [1.165, 1.54) is 48.3 Å². The molecule has 1 aromatic heterocycles. The lowest BCUT2D eigenvalue weighted by Crippen LogP contribution is -2.17. The number of hydrogen-bond donors (Lipinski definition) is 2. The number of rotatable bonds is 6. The van der Waals surface area contributed by atoms with E-state index >= 15 is 0 Å². The number of benzene rings is 2. The van der Waals surface area contributed by atoms with E-state index in [9.17, 15) is 27.5 Å². The minimum atomic E-state index is -4.85. The summed E-state index contributed by atoms with van der Waals surface area (Å²) in [6.07, 6.45) is -2.18. The number of nitrogens with zero attached hydrogens (tertiary/aromatic N) is 1. The molecule has 0 aliphatic rings. The van der Waals surface area contributed by atoms with E-state index in [4.69, 9.17) is 4.84 Å². The second-order valence-corrected chi connectivity index (χ2v) is 5.84. The minimum Gasteiger partial charge on any atom is -0.478 e. The van der Waals surface area contributed by atoms with E-state index in [1.807, 2.05) is 0 Å². The van der Waals surface area contributed by atoms with Crippen LogP contribution in [-0.4, -0.2) is 29.1 Å². The zero-order valence-corrected chi connectivity index (χ0v) is 14.8. The number of fused-ring (bicyclic) bond motifs is 1. The number of hydrogen-bond acceptors (Lipinski definition) is 4. The monoisotopic (exact) mass is 410 g/mol. The maximum atomic E-state index is 13.6. The van der Waals surface area contributed by atoms with E-state index in [2.05, 4.69) is 10.2 Å². The van der Waals surface area contributed by atoms with Gasteiger partial charge in [0.05, 0.1) is 23.9 Å². The normalized spacial score (nSPS) is 12.2. The molecular formula is C19H14F4N2O4. The van der Waals surface area contributed by atoms with E-state index in [-0.39, 0.29) is 22.2 Å². The molecule has 1 heterocycles. The van der Waals surface area contributed by atoms with Crippen molar-refractivity contribution < 1.29 is 37.0 Å². The lowest BCUT2D eigenvalue weighted by molar-refractivity contribution is -0.274. The van der Waals surface area contributed by atoms with Crippen LogP contribution >= 0.6 is 0 Å². The molecule has 0 saturated carbocycles. The number of carbonyl (C=O) groups is 1. The SMILES string of the molecule is CONC(=Cn1cc(C(=O)O)c2cc(F)ccc21)c1cccc(OC(F)(F)F)c1. The van der Waals surface area contributed by atoms with Gasteiger partial charge in [0.2, 0.25) is 0 Å². The van der Waals surface area contributed by atoms with Crippen LogP contribution in [-0.2, 0) is 4.84 Å². The van der Waals surface area contributed by atoms with Gasteiger partial charge < -0.3 is 14.4 Å². The van der Waals surface area contributed by atoms with Crippen LogP contribution in [0.25, 0.3) is 22.8 Å². The summed E-state index contributed by atoms with van der Waals surface area (Å²) in [7, 11) is 1.30. The summed E-state index contributed by atoms with van der Waals surface area (Å²) in [5.74, 6) is -2.30.